The predicted molar refractivity (Wildman–Crippen MR) is 51.5 cm³/mol. The van der Waals surface area contributed by atoms with E-state index in [1.54, 1.807) is 7.11 Å². The van der Waals surface area contributed by atoms with Crippen molar-refractivity contribution in [3.05, 3.63) is 0 Å². The number of carbonyl (C=O) groups is 1. The van der Waals surface area contributed by atoms with Crippen LogP contribution in [0.2, 0.25) is 0 Å². The van der Waals surface area contributed by atoms with Crippen LogP contribution in [-0.2, 0) is 9.53 Å². The summed E-state index contributed by atoms with van der Waals surface area (Å²) >= 11 is 0. The molecule has 0 radical (unpaired) electrons. The van der Waals surface area contributed by atoms with Gasteiger partial charge in [0.05, 0.1) is 0 Å². The summed E-state index contributed by atoms with van der Waals surface area (Å²) in [6.45, 7) is 3.63. The zero-order valence-electron chi connectivity index (χ0n) is 8.58. The summed E-state index contributed by atoms with van der Waals surface area (Å²) in [6, 6.07) is 0. The van der Waals surface area contributed by atoms with E-state index in [-0.39, 0.29) is 12.0 Å². The van der Waals surface area contributed by atoms with Gasteiger partial charge in [-0.3, -0.25) is 4.79 Å². The van der Waals surface area contributed by atoms with Crippen LogP contribution in [0, 0.1) is 0 Å². The second-order valence-corrected chi connectivity index (χ2v) is 3.62. The van der Waals surface area contributed by atoms with E-state index < -0.39 is 0 Å². The number of likely N-dealkylation sites (tertiary alicyclic amines) is 1. The molecule has 1 aliphatic rings. The Morgan fingerprint density at radius 1 is 1.23 bits per heavy atom. The van der Waals surface area contributed by atoms with Crippen LogP contribution in [0.1, 0.15) is 32.6 Å². The van der Waals surface area contributed by atoms with E-state index in [1.165, 1.54) is 12.8 Å². The van der Waals surface area contributed by atoms with E-state index in [2.05, 4.69) is 0 Å². The first-order valence-corrected chi connectivity index (χ1v) is 5.07. The van der Waals surface area contributed by atoms with Gasteiger partial charge in [-0.25, -0.2) is 0 Å². The van der Waals surface area contributed by atoms with Crippen molar-refractivity contribution in [2.45, 2.75) is 38.7 Å². The SMILES string of the molecule is COC(C)C(=O)N1CCCCCC1. The van der Waals surface area contributed by atoms with E-state index >= 15 is 0 Å². The second kappa shape index (κ2) is 5.22. The molecule has 1 heterocycles. The maximum atomic E-state index is 11.7. The number of hydrogen-bond acceptors (Lipinski definition) is 2. The van der Waals surface area contributed by atoms with Crippen molar-refractivity contribution in [3.8, 4) is 0 Å². The molecule has 0 saturated carbocycles. The first-order valence-electron chi connectivity index (χ1n) is 5.07. The summed E-state index contributed by atoms with van der Waals surface area (Å²) < 4.78 is 5.01. The van der Waals surface area contributed by atoms with Gasteiger partial charge >= 0.3 is 0 Å². The lowest BCUT2D eigenvalue weighted by Crippen LogP contribution is -2.39. The molecular weight excluding hydrogens is 166 g/mol. The third-order valence-electron chi connectivity index (χ3n) is 2.62. The summed E-state index contributed by atoms with van der Waals surface area (Å²) in [7, 11) is 1.58. The van der Waals surface area contributed by atoms with Gasteiger partial charge in [-0.15, -0.1) is 0 Å². The molecule has 0 N–H and O–H groups in total. The van der Waals surface area contributed by atoms with Crippen molar-refractivity contribution in [2.24, 2.45) is 0 Å². The third kappa shape index (κ3) is 2.99. The maximum Gasteiger partial charge on any atom is 0.251 e. The fourth-order valence-corrected chi connectivity index (χ4v) is 1.65. The van der Waals surface area contributed by atoms with Crippen molar-refractivity contribution < 1.29 is 9.53 Å². The Kier molecular flexibility index (Phi) is 4.22. The molecule has 1 fully saturated rings. The van der Waals surface area contributed by atoms with Crippen LogP contribution >= 0.6 is 0 Å². The molecule has 1 aliphatic heterocycles. The minimum Gasteiger partial charge on any atom is -0.372 e. The zero-order chi connectivity index (χ0) is 9.68. The van der Waals surface area contributed by atoms with Gasteiger partial charge in [0.2, 0.25) is 0 Å². The number of rotatable bonds is 2. The Bertz CT molecular complexity index is 162. The number of amides is 1. The molecule has 13 heavy (non-hydrogen) atoms. The highest BCUT2D eigenvalue weighted by Crippen LogP contribution is 2.11. The van der Waals surface area contributed by atoms with Crippen molar-refractivity contribution in [2.75, 3.05) is 20.2 Å². The van der Waals surface area contributed by atoms with Gasteiger partial charge in [0, 0.05) is 20.2 Å². The highest BCUT2D eigenvalue weighted by atomic mass is 16.5. The molecule has 1 rings (SSSR count). The Morgan fingerprint density at radius 2 is 1.77 bits per heavy atom. The van der Waals surface area contributed by atoms with Crippen molar-refractivity contribution in [3.63, 3.8) is 0 Å². The van der Waals surface area contributed by atoms with E-state index in [9.17, 15) is 4.79 Å². The van der Waals surface area contributed by atoms with Gasteiger partial charge in [0.15, 0.2) is 0 Å². The first-order chi connectivity index (χ1) is 6.25. The van der Waals surface area contributed by atoms with E-state index in [0.717, 1.165) is 25.9 Å². The normalized spacial score (nSPS) is 20.9. The molecule has 0 aromatic rings. The molecule has 0 spiro atoms. The molecule has 0 aromatic carbocycles. The Morgan fingerprint density at radius 3 is 2.23 bits per heavy atom. The van der Waals surface area contributed by atoms with Gasteiger partial charge in [-0.2, -0.15) is 0 Å². The lowest BCUT2D eigenvalue weighted by atomic mass is 10.2. The standard InChI is InChI=1S/C10H19NO2/c1-9(13-2)10(12)11-7-5-3-4-6-8-11/h9H,3-8H2,1-2H3. The van der Waals surface area contributed by atoms with Gasteiger partial charge in [-0.1, -0.05) is 12.8 Å². The maximum absolute atomic E-state index is 11.7. The number of methoxy groups -OCH3 is 1. The number of nitrogens with zero attached hydrogens (tertiary/aromatic N) is 1. The Labute approximate surface area is 80.1 Å². The van der Waals surface area contributed by atoms with Crippen LogP contribution in [0.3, 0.4) is 0 Å². The van der Waals surface area contributed by atoms with E-state index in [1.807, 2.05) is 11.8 Å². The largest absolute Gasteiger partial charge is 0.372 e. The molecule has 3 nitrogen and oxygen atoms in total. The molecule has 3 heteroatoms. The van der Waals surface area contributed by atoms with Crippen LogP contribution in [0.15, 0.2) is 0 Å². The summed E-state index contributed by atoms with van der Waals surface area (Å²) in [5.74, 6) is 0.143. The summed E-state index contributed by atoms with van der Waals surface area (Å²) in [4.78, 5) is 13.6. The molecule has 1 amide bonds. The fraction of sp³-hybridized carbons (Fsp3) is 0.900. The van der Waals surface area contributed by atoms with Crippen LogP contribution in [-0.4, -0.2) is 37.1 Å². The number of carbonyl (C=O) groups excluding carboxylic acids is 1. The van der Waals surface area contributed by atoms with Crippen molar-refractivity contribution >= 4 is 5.91 Å². The van der Waals surface area contributed by atoms with E-state index in [0.29, 0.717) is 0 Å². The third-order valence-corrected chi connectivity index (χ3v) is 2.62. The van der Waals surface area contributed by atoms with Gasteiger partial charge in [0.25, 0.3) is 5.91 Å². The summed E-state index contributed by atoms with van der Waals surface area (Å²) in [5, 5.41) is 0. The first kappa shape index (κ1) is 10.5. The molecule has 1 atom stereocenters. The fourth-order valence-electron chi connectivity index (χ4n) is 1.65. The zero-order valence-corrected chi connectivity index (χ0v) is 8.58. The number of hydrogen-bond donors (Lipinski definition) is 0. The smallest absolute Gasteiger partial charge is 0.251 e. The highest BCUT2D eigenvalue weighted by Gasteiger charge is 2.20. The molecule has 1 unspecified atom stereocenters. The lowest BCUT2D eigenvalue weighted by molar-refractivity contribution is -0.140. The van der Waals surface area contributed by atoms with Gasteiger partial charge in [-0.05, 0) is 19.8 Å². The second-order valence-electron chi connectivity index (χ2n) is 3.62. The molecule has 1 saturated heterocycles. The van der Waals surface area contributed by atoms with Crippen LogP contribution in [0.4, 0.5) is 0 Å². The summed E-state index contributed by atoms with van der Waals surface area (Å²) in [6.07, 6.45) is 4.51. The van der Waals surface area contributed by atoms with Crippen molar-refractivity contribution in [1.29, 1.82) is 0 Å². The Balaban J connectivity index is 2.43. The lowest BCUT2D eigenvalue weighted by Gasteiger charge is -2.23. The topological polar surface area (TPSA) is 29.5 Å². The van der Waals surface area contributed by atoms with E-state index in [4.69, 9.17) is 4.74 Å². The molecular formula is C10H19NO2. The predicted octanol–water partition coefficient (Wildman–Crippen LogP) is 1.42. The average Bonchev–Trinajstić information content (AvgIpc) is 2.43. The quantitative estimate of drug-likeness (QED) is 0.651. The molecule has 76 valence electrons. The van der Waals surface area contributed by atoms with Crippen LogP contribution < -0.4 is 0 Å². The van der Waals surface area contributed by atoms with Crippen LogP contribution in [0.25, 0.3) is 0 Å². The molecule has 0 aliphatic carbocycles. The van der Waals surface area contributed by atoms with Gasteiger partial charge in [0.1, 0.15) is 6.10 Å². The minimum atomic E-state index is -0.280. The monoisotopic (exact) mass is 185 g/mol. The molecule has 0 bridgehead atoms. The van der Waals surface area contributed by atoms with Crippen molar-refractivity contribution in [1.82, 2.24) is 4.90 Å². The minimum absolute atomic E-state index is 0.143. The highest BCUT2D eigenvalue weighted by molar-refractivity contribution is 5.80. The summed E-state index contributed by atoms with van der Waals surface area (Å²) in [5.41, 5.74) is 0. The van der Waals surface area contributed by atoms with Gasteiger partial charge < -0.3 is 9.64 Å². The Hall–Kier alpha value is -0.570. The average molecular weight is 185 g/mol. The van der Waals surface area contributed by atoms with Crippen LogP contribution in [0.5, 0.6) is 0 Å². The molecule has 0 aromatic heterocycles. The number of ether oxygens (including phenoxy) is 1.